The van der Waals surface area contributed by atoms with Crippen molar-refractivity contribution in [1.82, 2.24) is 0 Å². The number of nitriles is 1. The fraction of sp³-hybridized carbons (Fsp3) is 0.833. The Kier molecular flexibility index (Phi) is 4.35. The van der Waals surface area contributed by atoms with E-state index in [2.05, 4.69) is 16.3 Å². The molecule has 0 spiro atoms. The molecule has 0 N–H and O–H groups in total. The van der Waals surface area contributed by atoms with E-state index in [-0.39, 0.29) is 5.92 Å². The molecule has 1 atom stereocenters. The molecule has 0 aliphatic heterocycles. The second kappa shape index (κ2) is 4.22. The Morgan fingerprint density at radius 1 is 1.70 bits per heavy atom. The highest BCUT2D eigenvalue weighted by Crippen LogP contribution is 2.24. The first-order valence-corrected chi connectivity index (χ1v) is 4.24. The summed E-state index contributed by atoms with van der Waals surface area (Å²) in [4.78, 5) is 0. The largest absolute Gasteiger partial charge is 0.198 e. The maximum atomic E-state index is 8.38. The fourth-order valence-corrected chi connectivity index (χ4v) is 0.825. The van der Waals surface area contributed by atoms with Gasteiger partial charge in [0.25, 0.3) is 0 Å². The van der Waals surface area contributed by atoms with Gasteiger partial charge in [0, 0.05) is 5.92 Å². The second-order valence-electron chi connectivity index (χ2n) is 2.27. The van der Waals surface area contributed by atoms with Crippen LogP contribution in [0.15, 0.2) is 0 Å². The first kappa shape index (κ1) is 10.3. The number of halogens is 2. The van der Waals surface area contributed by atoms with Crippen molar-refractivity contribution < 1.29 is 0 Å². The molecule has 55 valence electrons. The lowest BCUT2D eigenvalue weighted by molar-refractivity contribution is 0.624. The molecule has 0 saturated heterocycles. The molecule has 3 radical (unpaired) electrons. The smallest absolute Gasteiger partial charge is 0.0998 e. The van der Waals surface area contributed by atoms with Crippen LogP contribution in [-0.4, -0.2) is 14.2 Å². The van der Waals surface area contributed by atoms with E-state index in [1.54, 1.807) is 0 Å². The van der Waals surface area contributed by atoms with E-state index in [1.165, 1.54) is 0 Å². The van der Waals surface area contributed by atoms with Crippen molar-refractivity contribution in [1.29, 1.82) is 5.26 Å². The van der Waals surface area contributed by atoms with Gasteiger partial charge in [-0.2, -0.15) is 5.26 Å². The molecule has 0 rings (SSSR count). The van der Waals surface area contributed by atoms with Crippen molar-refractivity contribution in [3.05, 3.63) is 0 Å². The topological polar surface area (TPSA) is 23.8 Å². The van der Waals surface area contributed by atoms with E-state index in [9.17, 15) is 0 Å². The zero-order chi connectivity index (χ0) is 8.20. The number of nitrogens with zero attached hydrogens (tertiary/aromatic N) is 1. The monoisotopic (exact) mass is 192 g/mol. The summed E-state index contributed by atoms with van der Waals surface area (Å²) < 4.78 is -0.870. The number of hydrogen-bond acceptors (Lipinski definition) is 1. The van der Waals surface area contributed by atoms with E-state index in [4.69, 9.17) is 28.5 Å². The van der Waals surface area contributed by atoms with E-state index in [0.717, 1.165) is 0 Å². The zero-order valence-electron chi connectivity index (χ0n) is 5.69. The van der Waals surface area contributed by atoms with Gasteiger partial charge >= 0.3 is 0 Å². The lowest BCUT2D eigenvalue weighted by atomic mass is 10.1. The van der Waals surface area contributed by atoms with Crippen LogP contribution in [0.5, 0.6) is 0 Å². The summed E-state index contributed by atoms with van der Waals surface area (Å²) in [5.41, 5.74) is 0. The minimum Gasteiger partial charge on any atom is -0.198 e. The average Bonchev–Trinajstić information content (AvgIpc) is 1.81. The van der Waals surface area contributed by atoms with Crippen molar-refractivity contribution in [3.63, 3.8) is 0 Å². The molecule has 0 heterocycles. The van der Waals surface area contributed by atoms with Crippen molar-refractivity contribution in [3.8, 4) is 6.07 Å². The summed E-state index contributed by atoms with van der Waals surface area (Å²) in [5.74, 6) is 0.0215. The van der Waals surface area contributed by atoms with E-state index >= 15 is 0 Å². The number of alkyl halides is 2. The lowest BCUT2D eigenvalue weighted by Gasteiger charge is -2.12. The third kappa shape index (κ3) is 6.41. The van der Waals surface area contributed by atoms with Crippen LogP contribution in [0.4, 0.5) is 0 Å². The highest BCUT2D eigenvalue weighted by atomic mass is 35.5. The Morgan fingerprint density at radius 2 is 2.20 bits per heavy atom. The molecule has 0 amide bonds. The fourth-order valence-electron chi connectivity index (χ4n) is 0.462. The minimum atomic E-state index is -0.870. The van der Waals surface area contributed by atoms with Gasteiger partial charge in [-0.25, -0.2) is 0 Å². The lowest BCUT2D eigenvalue weighted by Crippen LogP contribution is -2.13. The first-order valence-electron chi connectivity index (χ1n) is 2.98. The molecule has 0 aliphatic rings. The van der Waals surface area contributed by atoms with Gasteiger partial charge in [-0.15, -0.1) is 23.2 Å². The molecule has 1 unspecified atom stereocenters. The minimum absolute atomic E-state index is 0.0215. The van der Waals surface area contributed by atoms with Crippen molar-refractivity contribution in [2.45, 2.75) is 23.7 Å². The maximum absolute atomic E-state index is 8.38. The Hall–Kier alpha value is 0.287. The quantitative estimate of drug-likeness (QED) is 0.498. The van der Waals surface area contributed by atoms with Gasteiger partial charge < -0.3 is 0 Å². The third-order valence-corrected chi connectivity index (χ3v) is 1.74. The Balaban J connectivity index is 3.48. The van der Waals surface area contributed by atoms with Gasteiger partial charge in [-0.3, -0.25) is 0 Å². The van der Waals surface area contributed by atoms with Gasteiger partial charge in [0.05, 0.1) is 20.3 Å². The van der Waals surface area contributed by atoms with Crippen LogP contribution in [0.1, 0.15) is 19.8 Å². The highest BCUT2D eigenvalue weighted by molar-refractivity contribution is 6.65. The predicted octanol–water partition coefficient (Wildman–Crippen LogP) is 2.23. The van der Waals surface area contributed by atoms with Crippen molar-refractivity contribution >= 4 is 33.4 Å². The van der Waals surface area contributed by atoms with Crippen LogP contribution in [-0.2, 0) is 0 Å². The van der Waals surface area contributed by atoms with Crippen LogP contribution in [0, 0.1) is 17.2 Å². The van der Waals surface area contributed by atoms with E-state index in [1.807, 2.05) is 6.92 Å². The summed E-state index contributed by atoms with van der Waals surface area (Å²) >= 11 is 11.2. The molecule has 4 heteroatoms. The SMILES string of the molecule is CC(C#N)CCC([Si])(Cl)Cl. The molecule has 10 heavy (non-hydrogen) atoms. The third-order valence-electron chi connectivity index (χ3n) is 1.11. The first-order chi connectivity index (χ1) is 4.45. The molecule has 0 aromatic rings. The van der Waals surface area contributed by atoms with Crippen LogP contribution in [0.2, 0.25) is 0 Å². The summed E-state index contributed by atoms with van der Waals surface area (Å²) in [5, 5.41) is 8.38. The number of hydrogen-bond donors (Lipinski definition) is 0. The zero-order valence-corrected chi connectivity index (χ0v) is 8.21. The summed E-state index contributed by atoms with van der Waals surface area (Å²) in [6.07, 6.45) is 1.30. The average molecular weight is 193 g/mol. The predicted molar refractivity (Wildman–Crippen MR) is 44.2 cm³/mol. The maximum Gasteiger partial charge on any atom is 0.0998 e. The van der Waals surface area contributed by atoms with Gasteiger partial charge in [0.1, 0.15) is 0 Å². The summed E-state index contributed by atoms with van der Waals surface area (Å²) in [6, 6.07) is 2.10. The number of rotatable bonds is 3. The molecular formula is C6H8Cl2NSi. The van der Waals surface area contributed by atoms with Gasteiger partial charge in [0.2, 0.25) is 0 Å². The normalized spacial score (nSPS) is 14.3. The standard InChI is InChI=1S/C6H8Cl2NSi/c1-5(4-9)2-3-6(7,8)10/h5H,2-3H2,1H3. The van der Waals surface area contributed by atoms with E-state index < -0.39 is 3.96 Å². The highest BCUT2D eigenvalue weighted by Gasteiger charge is 2.17. The van der Waals surface area contributed by atoms with Crippen LogP contribution < -0.4 is 0 Å². The van der Waals surface area contributed by atoms with Crippen LogP contribution >= 0.6 is 23.2 Å². The Bertz CT molecular complexity index is 136. The van der Waals surface area contributed by atoms with Crippen molar-refractivity contribution in [2.75, 3.05) is 0 Å². The summed E-state index contributed by atoms with van der Waals surface area (Å²) in [7, 11) is 3.11. The van der Waals surface area contributed by atoms with Gasteiger partial charge in [-0.1, -0.05) is 0 Å². The molecule has 0 aliphatic carbocycles. The molecule has 0 saturated carbocycles. The second-order valence-corrected chi connectivity index (χ2v) is 5.24. The Morgan fingerprint density at radius 3 is 2.50 bits per heavy atom. The van der Waals surface area contributed by atoms with Gasteiger partial charge in [-0.05, 0) is 19.8 Å². The molecule has 1 nitrogen and oxygen atoms in total. The van der Waals surface area contributed by atoms with Crippen molar-refractivity contribution in [2.24, 2.45) is 5.92 Å². The van der Waals surface area contributed by atoms with Crippen LogP contribution in [0.25, 0.3) is 0 Å². The molecular weight excluding hydrogens is 185 g/mol. The Labute approximate surface area is 74.7 Å². The van der Waals surface area contributed by atoms with E-state index in [0.29, 0.717) is 12.8 Å². The molecule has 0 fully saturated rings. The molecule has 0 aromatic heterocycles. The molecule has 0 bridgehead atoms. The molecule has 0 aromatic carbocycles. The van der Waals surface area contributed by atoms with Gasteiger partial charge in [0.15, 0.2) is 0 Å². The summed E-state index contributed by atoms with van der Waals surface area (Å²) in [6.45, 7) is 1.84. The van der Waals surface area contributed by atoms with Crippen LogP contribution in [0.3, 0.4) is 0 Å².